The van der Waals surface area contributed by atoms with E-state index in [2.05, 4.69) is 21.2 Å². The summed E-state index contributed by atoms with van der Waals surface area (Å²) in [6.45, 7) is 1.84. The van der Waals surface area contributed by atoms with Crippen LogP contribution in [0.5, 0.6) is 5.75 Å². The summed E-state index contributed by atoms with van der Waals surface area (Å²) in [5, 5.41) is 3.06. The molecule has 1 aromatic rings. The van der Waals surface area contributed by atoms with Gasteiger partial charge >= 0.3 is 6.18 Å². The maximum Gasteiger partial charge on any atom is 0.408 e. The number of benzene rings is 1. The summed E-state index contributed by atoms with van der Waals surface area (Å²) in [6.07, 6.45) is -4.34. The van der Waals surface area contributed by atoms with Gasteiger partial charge in [-0.3, -0.25) is 4.90 Å². The Morgan fingerprint density at radius 3 is 2.43 bits per heavy atom. The molecule has 1 saturated heterocycles. The minimum absolute atomic E-state index is 0. The van der Waals surface area contributed by atoms with Gasteiger partial charge in [0.15, 0.2) is 0 Å². The van der Waals surface area contributed by atoms with E-state index in [0.29, 0.717) is 30.7 Å². The molecule has 1 aliphatic heterocycles. The third-order valence-corrected chi connectivity index (χ3v) is 3.81. The molecule has 1 N–H and O–H groups in total. The molecule has 0 bridgehead atoms. The first kappa shape index (κ1) is 18.5. The van der Waals surface area contributed by atoms with Gasteiger partial charge in [0.1, 0.15) is 11.8 Å². The molecule has 120 valence electrons. The third kappa shape index (κ3) is 4.48. The second-order valence-electron chi connectivity index (χ2n) is 4.62. The zero-order valence-electron chi connectivity index (χ0n) is 11.4. The zero-order chi connectivity index (χ0) is 14.8. The van der Waals surface area contributed by atoms with Crippen LogP contribution in [0, 0.1) is 0 Å². The van der Waals surface area contributed by atoms with Crippen molar-refractivity contribution in [1.29, 1.82) is 0 Å². The molecule has 1 aromatic carbocycles. The van der Waals surface area contributed by atoms with E-state index < -0.39 is 12.2 Å². The molecule has 1 fully saturated rings. The fourth-order valence-electron chi connectivity index (χ4n) is 2.44. The van der Waals surface area contributed by atoms with E-state index in [9.17, 15) is 13.2 Å². The quantitative estimate of drug-likeness (QED) is 0.858. The summed E-state index contributed by atoms with van der Waals surface area (Å²) in [5.41, 5.74) is 0.149. The minimum atomic E-state index is -4.34. The largest absolute Gasteiger partial charge is 0.496 e. The number of rotatable bonds is 3. The molecule has 0 aromatic heterocycles. The predicted octanol–water partition coefficient (Wildman–Crippen LogP) is 3.39. The Morgan fingerprint density at radius 1 is 1.29 bits per heavy atom. The molecule has 0 spiro atoms. The van der Waals surface area contributed by atoms with Crippen LogP contribution in [-0.4, -0.2) is 44.4 Å². The monoisotopic (exact) mass is 388 g/mol. The Labute approximate surface area is 136 Å². The first-order valence-corrected chi connectivity index (χ1v) is 7.07. The lowest BCUT2D eigenvalue weighted by atomic mass is 10.0. The van der Waals surface area contributed by atoms with Crippen molar-refractivity contribution in [2.45, 2.75) is 12.2 Å². The van der Waals surface area contributed by atoms with Gasteiger partial charge in [0, 0.05) is 36.2 Å². The first-order valence-electron chi connectivity index (χ1n) is 6.28. The number of nitrogens with one attached hydrogen (secondary N) is 1. The van der Waals surface area contributed by atoms with Gasteiger partial charge in [-0.1, -0.05) is 15.9 Å². The maximum atomic E-state index is 13.5. The van der Waals surface area contributed by atoms with E-state index in [1.54, 1.807) is 12.1 Å². The van der Waals surface area contributed by atoms with Crippen LogP contribution >= 0.6 is 28.3 Å². The van der Waals surface area contributed by atoms with Crippen LogP contribution in [0.3, 0.4) is 0 Å². The van der Waals surface area contributed by atoms with Crippen molar-refractivity contribution in [3.05, 3.63) is 28.2 Å². The Hall–Kier alpha value is -0.500. The number of methoxy groups -OCH3 is 1. The van der Waals surface area contributed by atoms with Crippen LogP contribution in [0.2, 0.25) is 0 Å². The highest BCUT2D eigenvalue weighted by Crippen LogP contribution is 2.42. The fourth-order valence-corrected chi connectivity index (χ4v) is 2.82. The molecule has 8 heteroatoms. The second-order valence-corrected chi connectivity index (χ2v) is 5.53. The standard InChI is InChI=1S/C13H16BrF3N2O.ClH/c1-20-11-3-2-9(14)8-10(11)12(13(15,16)17)19-6-4-18-5-7-19;/h2-3,8,12,18H,4-7H2,1H3;1H/t12-;/m0./s1. The molecule has 1 aliphatic rings. The molecule has 1 heterocycles. The number of alkyl halides is 3. The van der Waals surface area contributed by atoms with Crippen molar-refractivity contribution in [3.63, 3.8) is 0 Å². The molecule has 2 rings (SSSR count). The van der Waals surface area contributed by atoms with Crippen LogP contribution < -0.4 is 10.1 Å². The van der Waals surface area contributed by atoms with Crippen LogP contribution in [0.4, 0.5) is 13.2 Å². The van der Waals surface area contributed by atoms with Crippen LogP contribution in [0.1, 0.15) is 11.6 Å². The highest BCUT2D eigenvalue weighted by Gasteiger charge is 2.46. The number of halogens is 5. The number of nitrogens with zero attached hydrogens (tertiary/aromatic N) is 1. The number of hydrogen-bond acceptors (Lipinski definition) is 3. The highest BCUT2D eigenvalue weighted by atomic mass is 79.9. The van der Waals surface area contributed by atoms with Crippen molar-refractivity contribution >= 4 is 28.3 Å². The molecule has 0 unspecified atom stereocenters. The second kappa shape index (κ2) is 7.67. The highest BCUT2D eigenvalue weighted by molar-refractivity contribution is 9.10. The summed E-state index contributed by atoms with van der Waals surface area (Å²) in [4.78, 5) is 1.45. The summed E-state index contributed by atoms with van der Waals surface area (Å²) in [7, 11) is 1.39. The smallest absolute Gasteiger partial charge is 0.408 e. The Kier molecular flexibility index (Phi) is 6.77. The molecule has 1 atom stereocenters. The molecule has 0 radical (unpaired) electrons. The molecular weight excluding hydrogens is 373 g/mol. The normalized spacial score (nSPS) is 18.0. The van der Waals surface area contributed by atoms with Gasteiger partial charge in [-0.15, -0.1) is 12.4 Å². The third-order valence-electron chi connectivity index (χ3n) is 3.31. The van der Waals surface area contributed by atoms with Crippen molar-refractivity contribution < 1.29 is 17.9 Å². The van der Waals surface area contributed by atoms with Gasteiger partial charge in [-0.25, -0.2) is 0 Å². The van der Waals surface area contributed by atoms with Gasteiger partial charge < -0.3 is 10.1 Å². The van der Waals surface area contributed by atoms with Gasteiger partial charge in [0.25, 0.3) is 0 Å². The molecule has 21 heavy (non-hydrogen) atoms. The zero-order valence-corrected chi connectivity index (χ0v) is 13.8. The van der Waals surface area contributed by atoms with E-state index >= 15 is 0 Å². The summed E-state index contributed by atoms with van der Waals surface area (Å²) < 4.78 is 46.2. The lowest BCUT2D eigenvalue weighted by Gasteiger charge is -2.36. The van der Waals surface area contributed by atoms with E-state index in [0.717, 1.165) is 0 Å². The molecule has 0 aliphatic carbocycles. The van der Waals surface area contributed by atoms with Crippen molar-refractivity contribution in [2.75, 3.05) is 33.3 Å². The first-order chi connectivity index (χ1) is 9.43. The van der Waals surface area contributed by atoms with Gasteiger partial charge in [0.2, 0.25) is 0 Å². The van der Waals surface area contributed by atoms with E-state index in [1.165, 1.54) is 18.1 Å². The lowest BCUT2D eigenvalue weighted by Crippen LogP contribution is -2.49. The SMILES string of the molecule is COc1ccc(Br)cc1[C@H](N1CCNCC1)C(F)(F)F.Cl. The number of ether oxygens (including phenoxy) is 1. The van der Waals surface area contributed by atoms with E-state index in [-0.39, 0.29) is 23.7 Å². The average molecular weight is 390 g/mol. The summed E-state index contributed by atoms with van der Waals surface area (Å²) >= 11 is 3.23. The molecule has 3 nitrogen and oxygen atoms in total. The predicted molar refractivity (Wildman–Crippen MR) is 81.2 cm³/mol. The van der Waals surface area contributed by atoms with Crippen molar-refractivity contribution in [1.82, 2.24) is 10.2 Å². The fraction of sp³-hybridized carbons (Fsp3) is 0.538. The number of piperazine rings is 1. The van der Waals surface area contributed by atoms with Crippen molar-refractivity contribution in [2.24, 2.45) is 0 Å². The van der Waals surface area contributed by atoms with Crippen molar-refractivity contribution in [3.8, 4) is 5.75 Å². The molecule has 0 amide bonds. The number of hydrogen-bond donors (Lipinski definition) is 1. The van der Waals surface area contributed by atoms with Gasteiger partial charge in [0.05, 0.1) is 7.11 Å². The molecule has 0 saturated carbocycles. The average Bonchev–Trinajstić information content (AvgIpc) is 2.39. The van der Waals surface area contributed by atoms with E-state index in [1.807, 2.05) is 0 Å². The Morgan fingerprint density at radius 2 is 1.90 bits per heavy atom. The van der Waals surface area contributed by atoms with E-state index in [4.69, 9.17) is 4.74 Å². The van der Waals surface area contributed by atoms with Crippen LogP contribution in [-0.2, 0) is 0 Å². The molecular formula is C13H17BrClF3N2O. The van der Waals surface area contributed by atoms with Gasteiger partial charge in [-0.2, -0.15) is 13.2 Å². The summed E-state index contributed by atoms with van der Waals surface area (Å²) in [6, 6.07) is 3.07. The lowest BCUT2D eigenvalue weighted by molar-refractivity contribution is -0.188. The Balaban J connectivity index is 0.00000220. The minimum Gasteiger partial charge on any atom is -0.496 e. The Bertz CT molecular complexity index is 467. The van der Waals surface area contributed by atoms with Gasteiger partial charge in [-0.05, 0) is 18.2 Å². The summed E-state index contributed by atoms with van der Waals surface area (Å²) in [5.74, 6) is 0.258. The maximum absolute atomic E-state index is 13.5. The van der Waals surface area contributed by atoms with Crippen LogP contribution in [0.25, 0.3) is 0 Å². The topological polar surface area (TPSA) is 24.5 Å². The van der Waals surface area contributed by atoms with Crippen LogP contribution in [0.15, 0.2) is 22.7 Å².